The maximum absolute atomic E-state index is 4.91. The highest BCUT2D eigenvalue weighted by Gasteiger charge is 1.91. The van der Waals surface area contributed by atoms with Crippen molar-refractivity contribution in [2.75, 3.05) is 13.7 Å². The molecule has 0 saturated carbocycles. The van der Waals surface area contributed by atoms with Crippen LogP contribution in [0.4, 0.5) is 0 Å². The second kappa shape index (κ2) is 5.75. The number of methoxy groups -OCH3 is 1. The molecule has 0 N–H and O–H groups in total. The van der Waals surface area contributed by atoms with E-state index in [1.54, 1.807) is 0 Å². The topological polar surface area (TPSA) is 18.5 Å². The normalized spacial score (nSPS) is 10.1. The highest BCUT2D eigenvalue weighted by atomic mass is 16.7. The number of rotatable bonds is 5. The van der Waals surface area contributed by atoms with E-state index in [0.29, 0.717) is 6.61 Å². The monoisotopic (exact) mass is 164 g/mol. The Bertz CT molecular complexity index is 196. The van der Waals surface area contributed by atoms with Crippen molar-refractivity contribution in [2.45, 2.75) is 6.42 Å². The first-order valence-electron chi connectivity index (χ1n) is 3.87. The summed E-state index contributed by atoms with van der Waals surface area (Å²) in [6.07, 6.45) is 0.886. The van der Waals surface area contributed by atoms with Gasteiger partial charge in [0.1, 0.15) is 0 Å². The molecule has 0 amide bonds. The number of ether oxygens (including phenoxy) is 2. The molecule has 0 aliphatic carbocycles. The predicted molar refractivity (Wildman–Crippen MR) is 46.4 cm³/mol. The molecule has 64 valence electrons. The van der Waals surface area contributed by atoms with E-state index in [2.05, 4.69) is 23.7 Å². The summed E-state index contributed by atoms with van der Waals surface area (Å²) in [6.45, 7) is 2.93. The molecule has 2 heteroatoms. The van der Waals surface area contributed by atoms with Crippen LogP contribution in [0, 0.1) is 6.79 Å². The second-order valence-corrected chi connectivity index (χ2v) is 2.37. The van der Waals surface area contributed by atoms with Crippen LogP contribution in [0.1, 0.15) is 5.56 Å². The standard InChI is InChI=1S/C10H12O2/c1-11-9-12-8-7-10-5-3-2-4-6-10/h2-6H,7-8H2,1H3. The van der Waals surface area contributed by atoms with Crippen molar-refractivity contribution >= 4 is 0 Å². The van der Waals surface area contributed by atoms with Gasteiger partial charge in [0.15, 0.2) is 0 Å². The lowest BCUT2D eigenvalue weighted by molar-refractivity contribution is 0.0485. The van der Waals surface area contributed by atoms with Crippen LogP contribution in [0.25, 0.3) is 0 Å². The zero-order valence-electron chi connectivity index (χ0n) is 7.12. The summed E-state index contributed by atoms with van der Waals surface area (Å²) in [7, 11) is 1.52. The van der Waals surface area contributed by atoms with Gasteiger partial charge in [-0.3, -0.25) is 0 Å². The molecule has 0 bridgehead atoms. The number of hydrogen-bond donors (Lipinski definition) is 0. The summed E-state index contributed by atoms with van der Waals surface area (Å²) in [5.41, 5.74) is 1.26. The van der Waals surface area contributed by atoms with E-state index in [-0.39, 0.29) is 0 Å². The van der Waals surface area contributed by atoms with E-state index in [1.807, 2.05) is 18.2 Å². The van der Waals surface area contributed by atoms with E-state index in [1.165, 1.54) is 12.7 Å². The molecular weight excluding hydrogens is 152 g/mol. The molecule has 0 saturated heterocycles. The third kappa shape index (κ3) is 3.51. The minimum atomic E-state index is 0.609. The molecular formula is C10H12O2. The van der Waals surface area contributed by atoms with E-state index in [0.717, 1.165) is 6.42 Å². The first kappa shape index (κ1) is 9.23. The van der Waals surface area contributed by atoms with Gasteiger partial charge >= 0.3 is 0 Å². The lowest BCUT2D eigenvalue weighted by Gasteiger charge is -2.00. The second-order valence-electron chi connectivity index (χ2n) is 2.37. The molecule has 12 heavy (non-hydrogen) atoms. The van der Waals surface area contributed by atoms with Gasteiger partial charge in [-0.2, -0.15) is 0 Å². The first-order chi connectivity index (χ1) is 5.93. The third-order valence-corrected chi connectivity index (χ3v) is 1.48. The van der Waals surface area contributed by atoms with Gasteiger partial charge in [-0.1, -0.05) is 30.3 Å². The van der Waals surface area contributed by atoms with E-state index in [9.17, 15) is 0 Å². The summed E-state index contributed by atoms with van der Waals surface area (Å²) in [5.74, 6) is 0. The Morgan fingerprint density at radius 3 is 2.67 bits per heavy atom. The highest BCUT2D eigenvalue weighted by Crippen LogP contribution is 1.99. The van der Waals surface area contributed by atoms with Gasteiger partial charge in [-0.25, -0.2) is 0 Å². The molecule has 0 aliphatic heterocycles. The van der Waals surface area contributed by atoms with Crippen molar-refractivity contribution in [1.82, 2.24) is 0 Å². The van der Waals surface area contributed by atoms with Crippen molar-refractivity contribution in [3.8, 4) is 0 Å². The van der Waals surface area contributed by atoms with E-state index in [4.69, 9.17) is 4.74 Å². The van der Waals surface area contributed by atoms with Crippen LogP contribution in [0.2, 0.25) is 0 Å². The Labute approximate surface area is 73.1 Å². The average Bonchev–Trinajstić information content (AvgIpc) is 2.14. The van der Waals surface area contributed by atoms with Gasteiger partial charge in [-0.05, 0) is 12.0 Å². The smallest absolute Gasteiger partial charge is 0.291 e. The minimum absolute atomic E-state index is 0.609. The Hall–Kier alpha value is -0.860. The Kier molecular flexibility index (Phi) is 4.42. The van der Waals surface area contributed by atoms with Crippen LogP contribution < -0.4 is 0 Å². The van der Waals surface area contributed by atoms with Crippen LogP contribution in [-0.4, -0.2) is 13.7 Å². The summed E-state index contributed by atoms with van der Waals surface area (Å²) in [6, 6.07) is 10.2. The number of benzene rings is 1. The molecule has 0 atom stereocenters. The molecule has 1 aromatic rings. The average molecular weight is 164 g/mol. The van der Waals surface area contributed by atoms with Gasteiger partial charge in [0, 0.05) is 7.11 Å². The molecule has 0 fully saturated rings. The Morgan fingerprint density at radius 1 is 1.25 bits per heavy atom. The molecule has 2 radical (unpaired) electrons. The van der Waals surface area contributed by atoms with Gasteiger partial charge < -0.3 is 9.47 Å². The lowest BCUT2D eigenvalue weighted by atomic mass is 10.2. The van der Waals surface area contributed by atoms with E-state index >= 15 is 0 Å². The van der Waals surface area contributed by atoms with Crippen molar-refractivity contribution in [2.24, 2.45) is 0 Å². The van der Waals surface area contributed by atoms with Crippen LogP contribution in [0.3, 0.4) is 0 Å². The fourth-order valence-corrected chi connectivity index (χ4v) is 0.914. The summed E-state index contributed by atoms with van der Waals surface area (Å²) >= 11 is 0. The van der Waals surface area contributed by atoms with Crippen molar-refractivity contribution in [1.29, 1.82) is 0 Å². The lowest BCUT2D eigenvalue weighted by Crippen LogP contribution is -1.96. The minimum Gasteiger partial charge on any atom is -0.344 e. The van der Waals surface area contributed by atoms with E-state index < -0.39 is 0 Å². The molecule has 0 spiro atoms. The first-order valence-corrected chi connectivity index (χ1v) is 3.87. The Balaban J connectivity index is 2.16. The molecule has 0 aliphatic rings. The SMILES string of the molecule is CO[C]OCCc1ccccc1. The summed E-state index contributed by atoms with van der Waals surface area (Å²) in [5, 5.41) is 0. The van der Waals surface area contributed by atoms with Gasteiger partial charge in [0.05, 0.1) is 6.61 Å². The van der Waals surface area contributed by atoms with Crippen molar-refractivity contribution in [3.05, 3.63) is 42.7 Å². The maximum atomic E-state index is 4.91. The quantitative estimate of drug-likeness (QED) is 0.619. The molecule has 1 rings (SSSR count). The molecule has 1 aromatic carbocycles. The van der Waals surface area contributed by atoms with Crippen LogP contribution in [-0.2, 0) is 15.9 Å². The van der Waals surface area contributed by atoms with Gasteiger partial charge in [0.25, 0.3) is 6.79 Å². The van der Waals surface area contributed by atoms with Crippen molar-refractivity contribution < 1.29 is 9.47 Å². The van der Waals surface area contributed by atoms with Crippen LogP contribution >= 0.6 is 0 Å². The molecule has 0 heterocycles. The third-order valence-electron chi connectivity index (χ3n) is 1.48. The molecule has 0 unspecified atom stereocenters. The van der Waals surface area contributed by atoms with Crippen molar-refractivity contribution in [3.63, 3.8) is 0 Å². The largest absolute Gasteiger partial charge is 0.344 e. The molecule has 0 aromatic heterocycles. The van der Waals surface area contributed by atoms with Crippen LogP contribution in [0.15, 0.2) is 30.3 Å². The number of hydrogen-bond acceptors (Lipinski definition) is 2. The van der Waals surface area contributed by atoms with Gasteiger partial charge in [-0.15, -0.1) is 0 Å². The predicted octanol–water partition coefficient (Wildman–Crippen LogP) is 1.89. The molecule has 2 nitrogen and oxygen atoms in total. The highest BCUT2D eigenvalue weighted by molar-refractivity contribution is 5.14. The Morgan fingerprint density at radius 2 is 2.00 bits per heavy atom. The summed E-state index contributed by atoms with van der Waals surface area (Å²) < 4.78 is 9.42. The van der Waals surface area contributed by atoms with Crippen LogP contribution in [0.5, 0.6) is 0 Å². The summed E-state index contributed by atoms with van der Waals surface area (Å²) in [4.78, 5) is 0. The van der Waals surface area contributed by atoms with Gasteiger partial charge in [0.2, 0.25) is 0 Å². The zero-order valence-corrected chi connectivity index (χ0v) is 7.12. The fraction of sp³-hybridized carbons (Fsp3) is 0.300. The fourth-order valence-electron chi connectivity index (χ4n) is 0.914. The zero-order chi connectivity index (χ0) is 8.65. The maximum Gasteiger partial charge on any atom is 0.291 e.